The van der Waals surface area contributed by atoms with Crippen LogP contribution in [0.2, 0.25) is 0 Å². The lowest BCUT2D eigenvalue weighted by Gasteiger charge is -2.07. The van der Waals surface area contributed by atoms with E-state index in [0.29, 0.717) is 23.0 Å². The van der Waals surface area contributed by atoms with Gasteiger partial charge in [-0.3, -0.25) is 4.79 Å². The second-order valence-electron chi connectivity index (χ2n) is 4.36. The van der Waals surface area contributed by atoms with E-state index in [1.54, 1.807) is 18.9 Å². The molecule has 0 aliphatic carbocycles. The smallest absolute Gasteiger partial charge is 0.176 e. The first-order chi connectivity index (χ1) is 8.15. The van der Waals surface area contributed by atoms with Crippen LogP contribution < -0.4 is 4.74 Å². The number of thioether (sulfide) groups is 1. The van der Waals surface area contributed by atoms with Crippen molar-refractivity contribution in [2.75, 3.05) is 18.6 Å². The zero-order valence-corrected chi connectivity index (χ0v) is 11.5. The van der Waals surface area contributed by atoms with Gasteiger partial charge in [0.15, 0.2) is 5.78 Å². The standard InChI is InChI=1S/C14H20O2S/c1-11(2)8-9-17-10-13(15)12-6-4-5-7-14(12)16-3/h4-7,11H,8-10H2,1-3H3. The van der Waals surface area contributed by atoms with Crippen LogP contribution in [0.4, 0.5) is 0 Å². The first-order valence-electron chi connectivity index (χ1n) is 5.89. The van der Waals surface area contributed by atoms with Crippen LogP contribution in [0.1, 0.15) is 30.6 Å². The molecule has 0 aliphatic heterocycles. The number of ketones is 1. The van der Waals surface area contributed by atoms with Crippen molar-refractivity contribution in [3.05, 3.63) is 29.8 Å². The van der Waals surface area contributed by atoms with Gasteiger partial charge in [-0.05, 0) is 30.2 Å². The fourth-order valence-electron chi connectivity index (χ4n) is 1.44. The van der Waals surface area contributed by atoms with Gasteiger partial charge in [0.1, 0.15) is 5.75 Å². The molecule has 0 spiro atoms. The van der Waals surface area contributed by atoms with Gasteiger partial charge >= 0.3 is 0 Å². The first kappa shape index (κ1) is 14.1. The largest absolute Gasteiger partial charge is 0.496 e. The Kier molecular flexibility index (Phi) is 6.12. The highest BCUT2D eigenvalue weighted by molar-refractivity contribution is 7.99. The van der Waals surface area contributed by atoms with Gasteiger partial charge in [-0.2, -0.15) is 11.8 Å². The molecule has 94 valence electrons. The molecule has 0 fully saturated rings. The maximum absolute atomic E-state index is 12.0. The second kappa shape index (κ2) is 7.38. The molecule has 0 aliphatic rings. The van der Waals surface area contributed by atoms with Gasteiger partial charge in [-0.1, -0.05) is 26.0 Å². The zero-order chi connectivity index (χ0) is 12.7. The number of hydrogen-bond donors (Lipinski definition) is 0. The van der Waals surface area contributed by atoms with Crippen LogP contribution in [0.5, 0.6) is 5.75 Å². The lowest BCUT2D eigenvalue weighted by molar-refractivity contribution is 0.101. The molecule has 0 bridgehead atoms. The lowest BCUT2D eigenvalue weighted by Crippen LogP contribution is -2.05. The molecule has 0 saturated heterocycles. The Bertz CT molecular complexity index is 361. The van der Waals surface area contributed by atoms with Crippen LogP contribution in [0.25, 0.3) is 0 Å². The monoisotopic (exact) mass is 252 g/mol. The fraction of sp³-hybridized carbons (Fsp3) is 0.500. The summed E-state index contributed by atoms with van der Waals surface area (Å²) >= 11 is 1.70. The van der Waals surface area contributed by atoms with E-state index >= 15 is 0 Å². The van der Waals surface area contributed by atoms with Crippen molar-refractivity contribution in [2.24, 2.45) is 5.92 Å². The van der Waals surface area contributed by atoms with Gasteiger partial charge in [-0.25, -0.2) is 0 Å². The first-order valence-corrected chi connectivity index (χ1v) is 7.04. The van der Waals surface area contributed by atoms with Gasteiger partial charge in [-0.15, -0.1) is 0 Å². The molecule has 0 unspecified atom stereocenters. The fourth-order valence-corrected chi connectivity index (χ4v) is 2.56. The van der Waals surface area contributed by atoms with E-state index in [1.807, 2.05) is 24.3 Å². The Labute approximate surface area is 108 Å². The quantitative estimate of drug-likeness (QED) is 0.547. The highest BCUT2D eigenvalue weighted by atomic mass is 32.2. The molecular weight excluding hydrogens is 232 g/mol. The SMILES string of the molecule is COc1ccccc1C(=O)CSCCC(C)C. The van der Waals surface area contributed by atoms with Crippen LogP contribution in [-0.2, 0) is 0 Å². The number of rotatable bonds is 7. The lowest BCUT2D eigenvalue weighted by atomic mass is 10.1. The highest BCUT2D eigenvalue weighted by Gasteiger charge is 2.11. The van der Waals surface area contributed by atoms with E-state index in [4.69, 9.17) is 4.74 Å². The molecule has 0 heterocycles. The summed E-state index contributed by atoms with van der Waals surface area (Å²) in [5, 5.41) is 0. The Morgan fingerprint density at radius 2 is 2.06 bits per heavy atom. The summed E-state index contributed by atoms with van der Waals surface area (Å²) in [6.45, 7) is 4.39. The minimum Gasteiger partial charge on any atom is -0.496 e. The molecule has 1 rings (SSSR count). The van der Waals surface area contributed by atoms with Crippen molar-refractivity contribution in [3.8, 4) is 5.75 Å². The molecule has 0 aromatic heterocycles. The summed E-state index contributed by atoms with van der Waals surface area (Å²) in [5.41, 5.74) is 0.687. The summed E-state index contributed by atoms with van der Waals surface area (Å²) in [6.07, 6.45) is 1.16. The molecule has 1 aromatic rings. The molecule has 0 atom stereocenters. The third kappa shape index (κ3) is 4.82. The minimum atomic E-state index is 0.149. The molecule has 17 heavy (non-hydrogen) atoms. The third-order valence-corrected chi connectivity index (χ3v) is 3.47. The Balaban J connectivity index is 2.47. The van der Waals surface area contributed by atoms with Gasteiger partial charge < -0.3 is 4.74 Å². The van der Waals surface area contributed by atoms with Gasteiger partial charge in [0.2, 0.25) is 0 Å². The molecule has 0 radical (unpaired) electrons. The summed E-state index contributed by atoms with van der Waals surface area (Å²) in [5.74, 6) is 3.09. The van der Waals surface area contributed by atoms with E-state index < -0.39 is 0 Å². The van der Waals surface area contributed by atoms with Gasteiger partial charge in [0.25, 0.3) is 0 Å². The number of para-hydroxylation sites is 1. The summed E-state index contributed by atoms with van der Waals surface area (Å²) in [7, 11) is 1.60. The maximum atomic E-state index is 12.0. The molecule has 0 amide bonds. The zero-order valence-electron chi connectivity index (χ0n) is 10.7. The number of Topliss-reactive ketones (excluding diaryl/α,β-unsaturated/α-hetero) is 1. The predicted molar refractivity (Wildman–Crippen MR) is 74.1 cm³/mol. The Morgan fingerprint density at radius 3 is 2.71 bits per heavy atom. The average molecular weight is 252 g/mol. The maximum Gasteiger partial charge on any atom is 0.176 e. The summed E-state index contributed by atoms with van der Waals surface area (Å²) in [6, 6.07) is 7.40. The number of ether oxygens (including phenoxy) is 1. The number of hydrogen-bond acceptors (Lipinski definition) is 3. The van der Waals surface area contributed by atoms with Crippen molar-refractivity contribution < 1.29 is 9.53 Å². The Hall–Kier alpha value is -0.960. The van der Waals surface area contributed by atoms with Crippen molar-refractivity contribution >= 4 is 17.5 Å². The highest BCUT2D eigenvalue weighted by Crippen LogP contribution is 2.20. The number of carbonyl (C=O) groups is 1. The summed E-state index contributed by atoms with van der Waals surface area (Å²) < 4.78 is 5.18. The van der Waals surface area contributed by atoms with Gasteiger partial charge in [0.05, 0.1) is 18.4 Å². The second-order valence-corrected chi connectivity index (χ2v) is 5.46. The summed E-state index contributed by atoms with van der Waals surface area (Å²) in [4.78, 5) is 12.0. The average Bonchev–Trinajstić information content (AvgIpc) is 2.34. The van der Waals surface area contributed by atoms with Crippen molar-refractivity contribution in [3.63, 3.8) is 0 Å². The molecule has 3 heteroatoms. The van der Waals surface area contributed by atoms with Crippen LogP contribution in [-0.4, -0.2) is 24.4 Å². The number of benzene rings is 1. The molecule has 0 saturated carbocycles. The normalized spacial score (nSPS) is 10.6. The van der Waals surface area contributed by atoms with Crippen molar-refractivity contribution in [2.45, 2.75) is 20.3 Å². The van der Waals surface area contributed by atoms with E-state index in [2.05, 4.69) is 13.8 Å². The van der Waals surface area contributed by atoms with E-state index in [-0.39, 0.29) is 5.78 Å². The molecular formula is C14H20O2S. The molecule has 0 N–H and O–H groups in total. The van der Waals surface area contributed by atoms with E-state index in [9.17, 15) is 4.79 Å². The van der Waals surface area contributed by atoms with Crippen LogP contribution in [0, 0.1) is 5.92 Å². The minimum absolute atomic E-state index is 0.149. The van der Waals surface area contributed by atoms with Crippen LogP contribution >= 0.6 is 11.8 Å². The van der Waals surface area contributed by atoms with Crippen LogP contribution in [0.3, 0.4) is 0 Å². The molecule has 2 nitrogen and oxygen atoms in total. The third-order valence-electron chi connectivity index (χ3n) is 2.48. The van der Waals surface area contributed by atoms with E-state index in [1.165, 1.54) is 0 Å². The predicted octanol–water partition coefficient (Wildman–Crippen LogP) is 3.66. The number of methoxy groups -OCH3 is 1. The van der Waals surface area contributed by atoms with Crippen molar-refractivity contribution in [1.29, 1.82) is 0 Å². The van der Waals surface area contributed by atoms with Crippen molar-refractivity contribution in [1.82, 2.24) is 0 Å². The molecule has 1 aromatic carbocycles. The van der Waals surface area contributed by atoms with E-state index in [0.717, 1.165) is 12.2 Å². The topological polar surface area (TPSA) is 26.3 Å². The Morgan fingerprint density at radius 1 is 1.35 bits per heavy atom. The van der Waals surface area contributed by atoms with Crippen LogP contribution in [0.15, 0.2) is 24.3 Å². The number of carbonyl (C=O) groups excluding carboxylic acids is 1. The van der Waals surface area contributed by atoms with Gasteiger partial charge in [0, 0.05) is 0 Å².